The number of sulfone groups is 1. The molecule has 1 N–H and O–H groups in total. The maximum atomic E-state index is 12.6. The van der Waals surface area contributed by atoms with Gasteiger partial charge in [0.1, 0.15) is 0 Å². The Balaban J connectivity index is 1.98. The molecule has 1 aliphatic rings. The highest BCUT2D eigenvalue weighted by Crippen LogP contribution is 2.33. The van der Waals surface area contributed by atoms with Crippen molar-refractivity contribution in [1.29, 1.82) is 0 Å². The molecule has 0 aliphatic carbocycles. The van der Waals surface area contributed by atoms with E-state index in [1.54, 1.807) is 0 Å². The first kappa shape index (κ1) is 17.5. The Bertz CT molecular complexity index is 1000. The quantitative estimate of drug-likeness (QED) is 0.849. The molecule has 0 atom stereocenters. The largest absolute Gasteiger partial charge is 0.490 e. The van der Waals surface area contributed by atoms with Crippen molar-refractivity contribution >= 4 is 25.5 Å². The SMILES string of the molecule is CS(=O)(=O)c1ccncc1NS(=O)(=O)c1ccc2c(c1)OCCCO2. The number of pyridine rings is 1. The monoisotopic (exact) mass is 384 g/mol. The average molecular weight is 384 g/mol. The third kappa shape index (κ3) is 3.85. The molecule has 10 heteroatoms. The number of sulfonamides is 1. The topological polar surface area (TPSA) is 112 Å². The van der Waals surface area contributed by atoms with Crippen LogP contribution >= 0.6 is 0 Å². The summed E-state index contributed by atoms with van der Waals surface area (Å²) >= 11 is 0. The Hall–Kier alpha value is -2.33. The number of aromatic nitrogens is 1. The third-order valence-electron chi connectivity index (χ3n) is 3.45. The third-order valence-corrected chi connectivity index (χ3v) is 5.97. The number of anilines is 1. The lowest BCUT2D eigenvalue weighted by atomic mass is 10.3. The van der Waals surface area contributed by atoms with Crippen molar-refractivity contribution in [3.05, 3.63) is 36.7 Å². The van der Waals surface area contributed by atoms with Gasteiger partial charge >= 0.3 is 0 Å². The molecule has 0 unspecified atom stereocenters. The molecule has 25 heavy (non-hydrogen) atoms. The van der Waals surface area contributed by atoms with Crippen molar-refractivity contribution in [1.82, 2.24) is 4.98 Å². The van der Waals surface area contributed by atoms with Crippen LogP contribution in [0.4, 0.5) is 5.69 Å². The van der Waals surface area contributed by atoms with E-state index in [1.807, 2.05) is 0 Å². The van der Waals surface area contributed by atoms with Crippen LogP contribution in [0, 0.1) is 0 Å². The lowest BCUT2D eigenvalue weighted by molar-refractivity contribution is 0.297. The summed E-state index contributed by atoms with van der Waals surface area (Å²) in [5.74, 6) is 0.796. The van der Waals surface area contributed by atoms with Gasteiger partial charge < -0.3 is 9.47 Å². The van der Waals surface area contributed by atoms with Crippen LogP contribution in [0.15, 0.2) is 46.5 Å². The summed E-state index contributed by atoms with van der Waals surface area (Å²) < 4.78 is 62.1. The molecule has 2 heterocycles. The Labute approximate surface area is 145 Å². The summed E-state index contributed by atoms with van der Waals surface area (Å²) in [7, 11) is -7.65. The van der Waals surface area contributed by atoms with Crippen molar-refractivity contribution < 1.29 is 26.3 Å². The van der Waals surface area contributed by atoms with Gasteiger partial charge in [-0.25, -0.2) is 16.8 Å². The predicted molar refractivity (Wildman–Crippen MR) is 90.2 cm³/mol. The summed E-state index contributed by atoms with van der Waals surface area (Å²) in [5, 5.41) is 0. The number of hydrogen-bond acceptors (Lipinski definition) is 7. The van der Waals surface area contributed by atoms with Crippen molar-refractivity contribution in [2.24, 2.45) is 0 Å². The second-order valence-corrected chi connectivity index (χ2v) is 9.08. The molecular weight excluding hydrogens is 368 g/mol. The van der Waals surface area contributed by atoms with Crippen LogP contribution in [-0.2, 0) is 19.9 Å². The zero-order chi connectivity index (χ0) is 18.1. The molecule has 3 rings (SSSR count). The van der Waals surface area contributed by atoms with Gasteiger partial charge in [0.2, 0.25) is 0 Å². The van der Waals surface area contributed by atoms with E-state index in [0.717, 1.165) is 12.5 Å². The molecule has 2 aromatic rings. The normalized spacial score (nSPS) is 14.6. The lowest BCUT2D eigenvalue weighted by Crippen LogP contribution is -2.15. The van der Waals surface area contributed by atoms with Crippen molar-refractivity contribution in [3.63, 3.8) is 0 Å². The van der Waals surface area contributed by atoms with Crippen LogP contribution in [0.1, 0.15) is 6.42 Å². The number of nitrogens with zero attached hydrogens (tertiary/aromatic N) is 1. The first-order chi connectivity index (χ1) is 11.8. The summed E-state index contributed by atoms with van der Waals surface area (Å²) in [6.45, 7) is 0.912. The fourth-order valence-corrected chi connectivity index (χ4v) is 4.25. The second-order valence-electron chi connectivity index (χ2n) is 5.41. The van der Waals surface area contributed by atoms with Gasteiger partial charge in [-0.05, 0) is 18.2 Å². The molecule has 1 aromatic heterocycles. The van der Waals surface area contributed by atoms with Gasteiger partial charge in [0.05, 0.1) is 34.9 Å². The Morgan fingerprint density at radius 2 is 1.76 bits per heavy atom. The molecule has 1 aliphatic heterocycles. The summed E-state index contributed by atoms with van der Waals surface area (Å²) in [5.41, 5.74) is -0.114. The fourth-order valence-electron chi connectivity index (χ4n) is 2.30. The predicted octanol–water partition coefficient (Wildman–Crippen LogP) is 1.45. The van der Waals surface area contributed by atoms with Gasteiger partial charge in [-0.1, -0.05) is 0 Å². The highest BCUT2D eigenvalue weighted by atomic mass is 32.2. The molecule has 134 valence electrons. The molecular formula is C15H16N2O6S2. The van der Waals surface area contributed by atoms with Crippen molar-refractivity contribution in [2.45, 2.75) is 16.2 Å². The summed E-state index contributed by atoms with van der Waals surface area (Å²) in [4.78, 5) is 3.56. The molecule has 0 fully saturated rings. The van der Waals surface area contributed by atoms with E-state index >= 15 is 0 Å². The van der Waals surface area contributed by atoms with Crippen LogP contribution in [0.25, 0.3) is 0 Å². The molecule has 1 aromatic carbocycles. The van der Waals surface area contributed by atoms with Gasteiger partial charge in [-0.3, -0.25) is 9.71 Å². The van der Waals surface area contributed by atoms with E-state index in [0.29, 0.717) is 31.1 Å². The maximum absolute atomic E-state index is 12.6. The van der Waals surface area contributed by atoms with Crippen LogP contribution in [0.5, 0.6) is 11.5 Å². The zero-order valence-electron chi connectivity index (χ0n) is 13.3. The molecule has 0 amide bonds. The minimum atomic E-state index is -4.03. The number of fused-ring (bicyclic) bond motifs is 1. The molecule has 0 spiro atoms. The minimum Gasteiger partial charge on any atom is -0.490 e. The van der Waals surface area contributed by atoms with E-state index < -0.39 is 19.9 Å². The standard InChI is InChI=1S/C15H16N2O6S2/c1-24(18,19)15-5-6-16-10-12(15)17-25(20,21)11-3-4-13-14(9-11)23-8-2-7-22-13/h3-6,9-10,17H,2,7-8H2,1H3. The number of rotatable bonds is 4. The van der Waals surface area contributed by atoms with E-state index in [2.05, 4.69) is 9.71 Å². The Morgan fingerprint density at radius 3 is 2.48 bits per heavy atom. The molecule has 0 saturated carbocycles. The maximum Gasteiger partial charge on any atom is 0.262 e. The highest BCUT2D eigenvalue weighted by Gasteiger charge is 2.22. The molecule has 8 nitrogen and oxygen atoms in total. The summed E-state index contributed by atoms with van der Waals surface area (Å²) in [6, 6.07) is 5.46. The van der Waals surface area contributed by atoms with Crippen molar-refractivity contribution in [3.8, 4) is 11.5 Å². The number of ether oxygens (including phenoxy) is 2. The average Bonchev–Trinajstić information content (AvgIpc) is 2.78. The lowest BCUT2D eigenvalue weighted by Gasteiger charge is -2.13. The smallest absolute Gasteiger partial charge is 0.262 e. The number of nitrogens with one attached hydrogen (secondary N) is 1. The van der Waals surface area contributed by atoms with Crippen LogP contribution < -0.4 is 14.2 Å². The van der Waals surface area contributed by atoms with Gasteiger partial charge in [0.25, 0.3) is 10.0 Å². The van der Waals surface area contributed by atoms with E-state index in [4.69, 9.17) is 9.47 Å². The highest BCUT2D eigenvalue weighted by molar-refractivity contribution is 7.93. The fraction of sp³-hybridized carbons (Fsp3) is 0.267. The molecule has 0 saturated heterocycles. The van der Waals surface area contributed by atoms with Gasteiger partial charge in [0, 0.05) is 24.9 Å². The van der Waals surface area contributed by atoms with E-state index in [9.17, 15) is 16.8 Å². The van der Waals surface area contributed by atoms with Gasteiger partial charge in [-0.15, -0.1) is 0 Å². The minimum absolute atomic E-state index is 0.0694. The first-order valence-electron chi connectivity index (χ1n) is 7.34. The first-order valence-corrected chi connectivity index (χ1v) is 10.7. The van der Waals surface area contributed by atoms with Crippen molar-refractivity contribution in [2.75, 3.05) is 24.2 Å². The molecule has 0 radical (unpaired) electrons. The van der Waals surface area contributed by atoms with Crippen LogP contribution in [-0.4, -0.2) is 41.3 Å². The Morgan fingerprint density at radius 1 is 1.04 bits per heavy atom. The van der Waals surface area contributed by atoms with Gasteiger partial charge in [0.15, 0.2) is 21.3 Å². The van der Waals surface area contributed by atoms with E-state index in [1.165, 1.54) is 30.5 Å². The number of hydrogen-bond donors (Lipinski definition) is 1. The summed E-state index contributed by atoms with van der Waals surface area (Å²) in [6.07, 6.45) is 4.12. The molecule has 0 bridgehead atoms. The van der Waals surface area contributed by atoms with Crippen LogP contribution in [0.2, 0.25) is 0 Å². The van der Waals surface area contributed by atoms with Crippen LogP contribution in [0.3, 0.4) is 0 Å². The zero-order valence-corrected chi connectivity index (χ0v) is 14.9. The van der Waals surface area contributed by atoms with E-state index in [-0.39, 0.29) is 15.5 Å². The second kappa shape index (κ2) is 6.52. The van der Waals surface area contributed by atoms with Gasteiger partial charge in [-0.2, -0.15) is 0 Å². The Kier molecular flexibility index (Phi) is 4.56. The number of benzene rings is 1.